The summed E-state index contributed by atoms with van der Waals surface area (Å²) in [5, 5.41) is 0. The van der Waals surface area contributed by atoms with Gasteiger partial charge in [-0.1, -0.05) is 30.3 Å². The van der Waals surface area contributed by atoms with Gasteiger partial charge in [-0.15, -0.1) is 0 Å². The number of carbonyl (C=O) groups excluding carboxylic acids is 1. The molecule has 0 N–H and O–H groups in total. The molecule has 0 saturated heterocycles. The van der Waals surface area contributed by atoms with Crippen molar-refractivity contribution in [1.82, 2.24) is 0 Å². The van der Waals surface area contributed by atoms with Crippen molar-refractivity contribution in [2.45, 2.75) is 12.0 Å². The van der Waals surface area contributed by atoms with Crippen LogP contribution in [-0.2, 0) is 5.60 Å². The Balaban J connectivity index is 1.86. The molecule has 0 fully saturated rings. The van der Waals surface area contributed by atoms with E-state index in [0.717, 1.165) is 11.3 Å². The van der Waals surface area contributed by atoms with E-state index in [4.69, 9.17) is 9.47 Å². The van der Waals surface area contributed by atoms with Gasteiger partial charge in [0.25, 0.3) is 0 Å². The standard InChI is InChI=1S/C16H12O3/c17-13-9-16(19-14-7-3-1-5-11(13)14)10-18-15-8-4-2-6-12(15)16/h1-8H,9-10H2. The number of para-hydroxylation sites is 2. The van der Waals surface area contributed by atoms with E-state index in [-0.39, 0.29) is 5.78 Å². The molecular weight excluding hydrogens is 240 g/mol. The average molecular weight is 252 g/mol. The fraction of sp³-hybridized carbons (Fsp3) is 0.188. The summed E-state index contributed by atoms with van der Waals surface area (Å²) in [5.41, 5.74) is 0.984. The molecule has 1 spiro atoms. The predicted molar refractivity (Wildman–Crippen MR) is 69.6 cm³/mol. The summed E-state index contributed by atoms with van der Waals surface area (Å²) < 4.78 is 11.8. The van der Waals surface area contributed by atoms with Crippen molar-refractivity contribution in [3.8, 4) is 11.5 Å². The molecule has 4 rings (SSSR count). The molecule has 2 heterocycles. The summed E-state index contributed by atoms with van der Waals surface area (Å²) in [6.45, 7) is 0.395. The van der Waals surface area contributed by atoms with Crippen LogP contribution in [0.3, 0.4) is 0 Å². The van der Waals surface area contributed by atoms with Gasteiger partial charge in [-0.3, -0.25) is 4.79 Å². The molecular formula is C16H12O3. The Morgan fingerprint density at radius 3 is 2.58 bits per heavy atom. The Labute approximate surface area is 110 Å². The van der Waals surface area contributed by atoms with Crippen LogP contribution in [0.15, 0.2) is 48.5 Å². The lowest BCUT2D eigenvalue weighted by Gasteiger charge is -2.33. The van der Waals surface area contributed by atoms with E-state index in [1.165, 1.54) is 0 Å². The highest BCUT2D eigenvalue weighted by molar-refractivity contribution is 6.00. The van der Waals surface area contributed by atoms with Gasteiger partial charge >= 0.3 is 0 Å². The molecule has 0 radical (unpaired) electrons. The number of Topliss-reactive ketones (excluding diaryl/α,β-unsaturated/α-hetero) is 1. The van der Waals surface area contributed by atoms with E-state index in [2.05, 4.69) is 0 Å². The number of ether oxygens (including phenoxy) is 2. The van der Waals surface area contributed by atoms with Gasteiger partial charge in [-0.05, 0) is 18.2 Å². The third kappa shape index (κ3) is 1.41. The highest BCUT2D eigenvalue weighted by Gasteiger charge is 2.48. The lowest BCUT2D eigenvalue weighted by molar-refractivity contribution is 0.0232. The van der Waals surface area contributed by atoms with Crippen molar-refractivity contribution in [3.05, 3.63) is 59.7 Å². The molecule has 2 aromatic carbocycles. The van der Waals surface area contributed by atoms with Gasteiger partial charge in [0, 0.05) is 5.56 Å². The van der Waals surface area contributed by atoms with Crippen LogP contribution in [-0.4, -0.2) is 12.4 Å². The van der Waals surface area contributed by atoms with Crippen LogP contribution >= 0.6 is 0 Å². The van der Waals surface area contributed by atoms with Crippen molar-refractivity contribution in [1.29, 1.82) is 0 Å². The van der Waals surface area contributed by atoms with Crippen LogP contribution in [0.2, 0.25) is 0 Å². The molecule has 0 bridgehead atoms. The van der Waals surface area contributed by atoms with Gasteiger partial charge in [0.1, 0.15) is 18.1 Å². The van der Waals surface area contributed by atoms with Gasteiger partial charge in [0.05, 0.1) is 12.0 Å². The summed E-state index contributed by atoms with van der Waals surface area (Å²) >= 11 is 0. The molecule has 2 aromatic rings. The van der Waals surface area contributed by atoms with Crippen LogP contribution in [0.25, 0.3) is 0 Å². The first-order chi connectivity index (χ1) is 9.28. The molecule has 3 heteroatoms. The number of ketones is 1. The quantitative estimate of drug-likeness (QED) is 0.723. The SMILES string of the molecule is O=C1CC2(COc3ccccc32)Oc2ccccc21. The molecule has 2 aliphatic rings. The minimum atomic E-state index is -0.651. The van der Waals surface area contributed by atoms with E-state index in [1.807, 2.05) is 48.5 Å². The molecule has 1 atom stereocenters. The minimum Gasteiger partial charge on any atom is -0.489 e. The van der Waals surface area contributed by atoms with E-state index in [1.54, 1.807) is 0 Å². The summed E-state index contributed by atoms with van der Waals surface area (Å²) in [4.78, 5) is 12.3. The van der Waals surface area contributed by atoms with Crippen molar-refractivity contribution in [3.63, 3.8) is 0 Å². The molecule has 19 heavy (non-hydrogen) atoms. The van der Waals surface area contributed by atoms with Crippen molar-refractivity contribution < 1.29 is 14.3 Å². The lowest BCUT2D eigenvalue weighted by Crippen LogP contribution is -2.40. The van der Waals surface area contributed by atoms with Crippen LogP contribution in [0.1, 0.15) is 22.3 Å². The highest BCUT2D eigenvalue weighted by Crippen LogP contribution is 2.46. The maximum absolute atomic E-state index is 12.3. The Bertz CT molecular complexity index is 677. The maximum atomic E-state index is 12.3. The fourth-order valence-electron chi connectivity index (χ4n) is 2.86. The zero-order chi connectivity index (χ0) is 12.9. The normalized spacial score (nSPS) is 23.5. The monoisotopic (exact) mass is 252 g/mol. The fourth-order valence-corrected chi connectivity index (χ4v) is 2.86. The minimum absolute atomic E-state index is 0.113. The van der Waals surface area contributed by atoms with Crippen molar-refractivity contribution >= 4 is 5.78 Å². The first kappa shape index (κ1) is 10.6. The van der Waals surface area contributed by atoms with Crippen LogP contribution in [0.4, 0.5) is 0 Å². The first-order valence-corrected chi connectivity index (χ1v) is 6.32. The van der Waals surface area contributed by atoms with Gasteiger partial charge in [-0.25, -0.2) is 0 Å². The second kappa shape index (κ2) is 3.60. The smallest absolute Gasteiger partial charge is 0.178 e. The third-order valence-corrected chi connectivity index (χ3v) is 3.78. The Kier molecular flexibility index (Phi) is 2.01. The molecule has 0 amide bonds. The zero-order valence-electron chi connectivity index (χ0n) is 10.3. The molecule has 1 unspecified atom stereocenters. The third-order valence-electron chi connectivity index (χ3n) is 3.78. The Morgan fingerprint density at radius 2 is 1.68 bits per heavy atom. The number of hydrogen-bond acceptors (Lipinski definition) is 3. The van der Waals surface area contributed by atoms with Crippen molar-refractivity contribution in [2.75, 3.05) is 6.61 Å². The van der Waals surface area contributed by atoms with E-state index < -0.39 is 5.60 Å². The Hall–Kier alpha value is -2.29. The van der Waals surface area contributed by atoms with Crippen LogP contribution in [0.5, 0.6) is 11.5 Å². The predicted octanol–water partition coefficient (Wildman–Crippen LogP) is 2.94. The van der Waals surface area contributed by atoms with E-state index >= 15 is 0 Å². The molecule has 0 saturated carbocycles. The van der Waals surface area contributed by atoms with Gasteiger partial charge in [0.2, 0.25) is 0 Å². The topological polar surface area (TPSA) is 35.5 Å². The van der Waals surface area contributed by atoms with Gasteiger partial charge in [0.15, 0.2) is 11.4 Å². The molecule has 3 nitrogen and oxygen atoms in total. The summed E-state index contributed by atoms with van der Waals surface area (Å²) in [5.74, 6) is 1.58. The maximum Gasteiger partial charge on any atom is 0.178 e. The molecule has 2 aliphatic heterocycles. The highest BCUT2D eigenvalue weighted by atomic mass is 16.6. The van der Waals surface area contributed by atoms with E-state index in [0.29, 0.717) is 24.3 Å². The number of rotatable bonds is 0. The largest absolute Gasteiger partial charge is 0.489 e. The summed E-state index contributed by atoms with van der Waals surface area (Å²) in [6.07, 6.45) is 0.334. The Morgan fingerprint density at radius 1 is 0.947 bits per heavy atom. The second-order valence-corrected chi connectivity index (χ2v) is 4.98. The lowest BCUT2D eigenvalue weighted by atomic mass is 9.86. The molecule has 0 aromatic heterocycles. The molecule has 0 aliphatic carbocycles. The molecule has 94 valence electrons. The number of hydrogen-bond donors (Lipinski definition) is 0. The van der Waals surface area contributed by atoms with Crippen molar-refractivity contribution in [2.24, 2.45) is 0 Å². The summed E-state index contributed by atoms with van der Waals surface area (Å²) in [6, 6.07) is 15.2. The van der Waals surface area contributed by atoms with E-state index in [9.17, 15) is 4.79 Å². The average Bonchev–Trinajstić information content (AvgIpc) is 2.78. The van der Waals surface area contributed by atoms with Crippen LogP contribution in [0, 0.1) is 0 Å². The first-order valence-electron chi connectivity index (χ1n) is 6.32. The number of benzene rings is 2. The number of carbonyl (C=O) groups is 1. The van der Waals surface area contributed by atoms with Crippen LogP contribution < -0.4 is 9.47 Å². The zero-order valence-corrected chi connectivity index (χ0v) is 10.3. The number of fused-ring (bicyclic) bond motifs is 3. The van der Waals surface area contributed by atoms with Gasteiger partial charge < -0.3 is 9.47 Å². The second-order valence-electron chi connectivity index (χ2n) is 4.98. The van der Waals surface area contributed by atoms with Gasteiger partial charge in [-0.2, -0.15) is 0 Å². The summed E-state index contributed by atoms with van der Waals surface area (Å²) in [7, 11) is 0.